The maximum atomic E-state index is 8.90. The molecule has 4 unspecified atom stereocenters. The summed E-state index contributed by atoms with van der Waals surface area (Å²) in [5.74, 6) is 2.01. The summed E-state index contributed by atoms with van der Waals surface area (Å²) in [6.45, 7) is 8.20. The number of hydrogen-bond donors (Lipinski definition) is 2. The van der Waals surface area contributed by atoms with Crippen molar-refractivity contribution in [3.63, 3.8) is 0 Å². The Labute approximate surface area is 146 Å². The van der Waals surface area contributed by atoms with Gasteiger partial charge < -0.3 is 24.8 Å². The fourth-order valence-corrected chi connectivity index (χ4v) is 3.42. The molecule has 0 spiro atoms. The van der Waals surface area contributed by atoms with Crippen LogP contribution >= 0.6 is 0 Å². The van der Waals surface area contributed by atoms with Crippen LogP contribution in [0.15, 0.2) is 18.2 Å². The Kier molecular flexibility index (Phi) is 6.90. The van der Waals surface area contributed by atoms with E-state index in [9.17, 15) is 0 Å². The zero-order valence-electron chi connectivity index (χ0n) is 15.6. The van der Waals surface area contributed by atoms with Gasteiger partial charge in [0, 0.05) is 24.7 Å². The van der Waals surface area contributed by atoms with Gasteiger partial charge in [-0.2, -0.15) is 0 Å². The van der Waals surface area contributed by atoms with Gasteiger partial charge >= 0.3 is 0 Å². The van der Waals surface area contributed by atoms with Crippen molar-refractivity contribution in [1.82, 2.24) is 10.2 Å². The summed E-state index contributed by atoms with van der Waals surface area (Å²) in [4.78, 5) is 2.43. The van der Waals surface area contributed by atoms with Crippen molar-refractivity contribution in [1.29, 1.82) is 0 Å². The number of ether oxygens (including phenoxy) is 2. The lowest BCUT2D eigenvalue weighted by Crippen LogP contribution is -2.51. The zero-order chi connectivity index (χ0) is 17.7. The first-order valence-electron chi connectivity index (χ1n) is 8.84. The van der Waals surface area contributed by atoms with Gasteiger partial charge in [0.05, 0.1) is 13.7 Å². The normalized spacial score (nSPS) is 26.2. The van der Waals surface area contributed by atoms with Crippen LogP contribution in [-0.4, -0.2) is 56.0 Å². The monoisotopic (exact) mass is 336 g/mol. The van der Waals surface area contributed by atoms with E-state index in [0.717, 1.165) is 13.0 Å². The Morgan fingerprint density at radius 1 is 1.33 bits per heavy atom. The molecule has 0 aliphatic carbocycles. The second kappa shape index (κ2) is 8.70. The van der Waals surface area contributed by atoms with Crippen molar-refractivity contribution in [3.8, 4) is 11.5 Å². The van der Waals surface area contributed by atoms with Crippen molar-refractivity contribution >= 4 is 0 Å². The maximum Gasteiger partial charge on any atom is 0.161 e. The molecule has 1 aromatic carbocycles. The summed E-state index contributed by atoms with van der Waals surface area (Å²) in [5, 5.41) is 12.7. The molecule has 1 aromatic rings. The molecule has 5 nitrogen and oxygen atoms in total. The molecule has 2 rings (SSSR count). The molecule has 0 saturated carbocycles. The van der Waals surface area contributed by atoms with E-state index in [1.54, 1.807) is 7.11 Å². The van der Waals surface area contributed by atoms with Gasteiger partial charge in [-0.3, -0.25) is 0 Å². The van der Waals surface area contributed by atoms with Gasteiger partial charge in [0.1, 0.15) is 6.61 Å². The van der Waals surface area contributed by atoms with Crippen molar-refractivity contribution in [2.45, 2.75) is 45.3 Å². The van der Waals surface area contributed by atoms with Crippen molar-refractivity contribution < 1.29 is 14.6 Å². The fraction of sp³-hybridized carbons (Fsp3) is 0.684. The van der Waals surface area contributed by atoms with E-state index in [2.05, 4.69) is 44.1 Å². The van der Waals surface area contributed by atoms with Crippen LogP contribution in [0.3, 0.4) is 0 Å². The summed E-state index contributed by atoms with van der Waals surface area (Å²) in [6, 6.07) is 7.37. The van der Waals surface area contributed by atoms with Crippen molar-refractivity contribution in [3.05, 3.63) is 23.8 Å². The quantitative estimate of drug-likeness (QED) is 0.801. The van der Waals surface area contributed by atoms with E-state index in [-0.39, 0.29) is 19.3 Å². The molecule has 1 saturated heterocycles. The summed E-state index contributed by atoms with van der Waals surface area (Å²) in [6.07, 6.45) is 1.16. The Hall–Kier alpha value is -1.30. The third-order valence-corrected chi connectivity index (χ3v) is 5.11. The molecule has 2 N–H and O–H groups in total. The van der Waals surface area contributed by atoms with Gasteiger partial charge in [0.25, 0.3) is 0 Å². The molecule has 1 aliphatic heterocycles. The summed E-state index contributed by atoms with van der Waals surface area (Å²) in [7, 11) is 3.85. The van der Waals surface area contributed by atoms with Crippen molar-refractivity contribution in [2.24, 2.45) is 5.92 Å². The molecule has 1 fully saturated rings. The van der Waals surface area contributed by atoms with Crippen LogP contribution in [0.5, 0.6) is 11.5 Å². The number of aliphatic hydroxyl groups excluding tert-OH is 1. The lowest BCUT2D eigenvalue weighted by atomic mass is 9.89. The van der Waals surface area contributed by atoms with Gasteiger partial charge in [-0.05, 0) is 50.9 Å². The third-order valence-electron chi connectivity index (χ3n) is 5.11. The molecule has 1 aliphatic rings. The summed E-state index contributed by atoms with van der Waals surface area (Å²) < 4.78 is 10.9. The van der Waals surface area contributed by atoms with E-state index in [4.69, 9.17) is 14.6 Å². The molecule has 0 bridgehead atoms. The Bertz CT molecular complexity index is 523. The number of aliphatic hydroxyl groups is 1. The smallest absolute Gasteiger partial charge is 0.161 e. The predicted octanol–water partition coefficient (Wildman–Crippen LogP) is 2.45. The summed E-state index contributed by atoms with van der Waals surface area (Å²) in [5.41, 5.74) is 1.18. The van der Waals surface area contributed by atoms with Crippen LogP contribution in [0.4, 0.5) is 0 Å². The maximum absolute atomic E-state index is 8.90. The minimum Gasteiger partial charge on any atom is -0.493 e. The summed E-state index contributed by atoms with van der Waals surface area (Å²) >= 11 is 0. The first kappa shape index (κ1) is 19.0. The first-order chi connectivity index (χ1) is 11.5. The highest BCUT2D eigenvalue weighted by Crippen LogP contribution is 2.31. The highest BCUT2D eigenvalue weighted by Gasteiger charge is 2.29. The van der Waals surface area contributed by atoms with Crippen LogP contribution in [0.25, 0.3) is 0 Å². The van der Waals surface area contributed by atoms with Gasteiger partial charge in [-0.1, -0.05) is 13.0 Å². The van der Waals surface area contributed by atoms with E-state index in [1.165, 1.54) is 5.56 Å². The van der Waals surface area contributed by atoms with Crippen LogP contribution in [0.1, 0.15) is 38.8 Å². The van der Waals surface area contributed by atoms with E-state index in [0.29, 0.717) is 29.5 Å². The van der Waals surface area contributed by atoms with Gasteiger partial charge in [0.15, 0.2) is 11.5 Å². The number of benzene rings is 1. The fourth-order valence-electron chi connectivity index (χ4n) is 3.42. The van der Waals surface area contributed by atoms with Crippen molar-refractivity contribution in [2.75, 3.05) is 33.9 Å². The molecule has 4 atom stereocenters. The molecular formula is C19H32N2O3. The number of methoxy groups -OCH3 is 1. The SMILES string of the molecule is COc1cc(C(C)NC2CC(C)N(C)CC2C)ccc1OCCO. The molecule has 24 heavy (non-hydrogen) atoms. The number of likely N-dealkylation sites (tertiary alicyclic amines) is 1. The molecule has 0 amide bonds. The standard InChI is InChI=1S/C19H32N2O3/c1-13-12-21(4)14(2)10-17(13)20-15(3)16-6-7-18(24-9-8-22)19(11-16)23-5/h6-7,11,13-15,17,20,22H,8-10,12H2,1-5H3. The largest absolute Gasteiger partial charge is 0.493 e. The van der Waals surface area contributed by atoms with E-state index < -0.39 is 0 Å². The lowest BCUT2D eigenvalue weighted by Gasteiger charge is -2.41. The molecule has 0 radical (unpaired) electrons. The lowest BCUT2D eigenvalue weighted by molar-refractivity contribution is 0.116. The number of nitrogens with zero attached hydrogens (tertiary/aromatic N) is 1. The second-order valence-corrected chi connectivity index (χ2v) is 6.98. The van der Waals surface area contributed by atoms with Crippen LogP contribution in [0, 0.1) is 5.92 Å². The number of nitrogens with one attached hydrogen (secondary N) is 1. The molecule has 1 heterocycles. The minimum atomic E-state index is -0.00490. The zero-order valence-corrected chi connectivity index (χ0v) is 15.6. The number of piperidine rings is 1. The average molecular weight is 336 g/mol. The third kappa shape index (κ3) is 4.62. The first-order valence-corrected chi connectivity index (χ1v) is 8.84. The molecule has 5 heteroatoms. The Morgan fingerprint density at radius 2 is 2.08 bits per heavy atom. The second-order valence-electron chi connectivity index (χ2n) is 6.98. The predicted molar refractivity (Wildman–Crippen MR) is 96.8 cm³/mol. The average Bonchev–Trinajstić information content (AvgIpc) is 2.57. The van der Waals surface area contributed by atoms with Gasteiger partial charge in [-0.25, -0.2) is 0 Å². The van der Waals surface area contributed by atoms with Crippen LogP contribution in [-0.2, 0) is 0 Å². The molecule has 0 aromatic heterocycles. The van der Waals surface area contributed by atoms with E-state index in [1.807, 2.05) is 12.1 Å². The van der Waals surface area contributed by atoms with Gasteiger partial charge in [0.2, 0.25) is 0 Å². The molecular weight excluding hydrogens is 304 g/mol. The Balaban J connectivity index is 2.05. The highest BCUT2D eigenvalue weighted by molar-refractivity contribution is 5.43. The highest BCUT2D eigenvalue weighted by atomic mass is 16.5. The molecule has 136 valence electrons. The number of hydrogen-bond acceptors (Lipinski definition) is 5. The van der Waals surface area contributed by atoms with Crippen LogP contribution in [0.2, 0.25) is 0 Å². The minimum absolute atomic E-state index is 0.00490. The topological polar surface area (TPSA) is 54.0 Å². The van der Waals surface area contributed by atoms with E-state index >= 15 is 0 Å². The Morgan fingerprint density at radius 3 is 2.75 bits per heavy atom. The van der Waals surface area contributed by atoms with Crippen LogP contribution < -0.4 is 14.8 Å². The number of rotatable bonds is 7. The van der Waals surface area contributed by atoms with Gasteiger partial charge in [-0.15, -0.1) is 0 Å².